The summed E-state index contributed by atoms with van der Waals surface area (Å²) in [6.07, 6.45) is 6.71. The molecule has 0 unspecified atom stereocenters. The zero-order valence-electron chi connectivity index (χ0n) is 31.6. The SMILES string of the molecule is CCC(C)(CC)C(=O)/C=C(\O)C(C)(CC)CC.Cc1sc2ccc3c4ccnc(-c5[c-]c6ccccc6c(C(C)(C)C)c5)c4sc3c2c1C.[Ir]. The molecule has 3 aromatic carbocycles. The number of aromatic nitrogens is 1. The third-order valence-electron chi connectivity index (χ3n) is 11.1. The van der Waals surface area contributed by atoms with Gasteiger partial charge in [0.1, 0.15) is 5.76 Å². The van der Waals surface area contributed by atoms with Crippen molar-refractivity contribution in [3.8, 4) is 11.3 Å². The molecule has 1 radical (unpaired) electrons. The first kappa shape index (κ1) is 39.9. The molecule has 6 aromatic rings. The summed E-state index contributed by atoms with van der Waals surface area (Å²) in [7, 11) is 0. The molecular formula is C44H52IrNO2S2-. The van der Waals surface area contributed by atoms with E-state index >= 15 is 0 Å². The number of ketones is 1. The average Bonchev–Trinajstić information content (AvgIpc) is 3.62. The van der Waals surface area contributed by atoms with Gasteiger partial charge in [-0.3, -0.25) is 9.78 Å². The van der Waals surface area contributed by atoms with Crippen LogP contribution in [-0.4, -0.2) is 15.9 Å². The largest absolute Gasteiger partial charge is 0.512 e. The Bertz CT molecular complexity index is 2190. The van der Waals surface area contributed by atoms with E-state index in [9.17, 15) is 9.90 Å². The average molecular weight is 883 g/mol. The molecule has 0 saturated carbocycles. The molecule has 267 valence electrons. The number of allylic oxidation sites excluding steroid dienone is 2. The Morgan fingerprint density at radius 3 is 2.06 bits per heavy atom. The molecule has 0 bridgehead atoms. The zero-order valence-corrected chi connectivity index (χ0v) is 35.6. The maximum atomic E-state index is 12.2. The van der Waals surface area contributed by atoms with Crippen LogP contribution in [0, 0.1) is 30.7 Å². The van der Waals surface area contributed by atoms with Crippen molar-refractivity contribution in [3.63, 3.8) is 0 Å². The molecule has 0 amide bonds. The van der Waals surface area contributed by atoms with Gasteiger partial charge in [-0.05, 0) is 68.0 Å². The predicted molar refractivity (Wildman–Crippen MR) is 216 cm³/mol. The minimum atomic E-state index is -0.337. The van der Waals surface area contributed by atoms with Gasteiger partial charge in [0.25, 0.3) is 0 Å². The van der Waals surface area contributed by atoms with Gasteiger partial charge in [-0.15, -0.1) is 51.8 Å². The molecule has 0 atom stereocenters. The molecule has 50 heavy (non-hydrogen) atoms. The van der Waals surface area contributed by atoms with Crippen LogP contribution >= 0.6 is 22.7 Å². The summed E-state index contributed by atoms with van der Waals surface area (Å²) in [4.78, 5) is 18.5. The monoisotopic (exact) mass is 883 g/mol. The van der Waals surface area contributed by atoms with Gasteiger partial charge in [0.05, 0.1) is 0 Å². The van der Waals surface area contributed by atoms with E-state index in [1.807, 2.05) is 70.4 Å². The fourth-order valence-corrected chi connectivity index (χ4v) is 9.01. The number of rotatable bonds is 8. The van der Waals surface area contributed by atoms with E-state index in [2.05, 4.69) is 89.2 Å². The first-order valence-electron chi connectivity index (χ1n) is 17.7. The van der Waals surface area contributed by atoms with Crippen LogP contribution in [0.15, 0.2) is 66.6 Å². The first-order valence-corrected chi connectivity index (χ1v) is 19.4. The smallest absolute Gasteiger partial charge is 0.164 e. The zero-order chi connectivity index (χ0) is 35.9. The van der Waals surface area contributed by atoms with Crippen molar-refractivity contribution in [3.05, 3.63) is 88.6 Å². The van der Waals surface area contributed by atoms with Crippen molar-refractivity contribution in [2.24, 2.45) is 10.8 Å². The fourth-order valence-electron chi connectivity index (χ4n) is 6.46. The summed E-state index contributed by atoms with van der Waals surface area (Å²) >= 11 is 3.78. The second-order valence-electron chi connectivity index (χ2n) is 15.1. The molecule has 0 aliphatic heterocycles. The summed E-state index contributed by atoms with van der Waals surface area (Å²) in [5.41, 5.74) is 4.30. The van der Waals surface area contributed by atoms with Crippen molar-refractivity contribution < 1.29 is 30.0 Å². The van der Waals surface area contributed by atoms with Gasteiger partial charge in [0.15, 0.2) is 5.78 Å². The number of benzene rings is 3. The number of thiophene rings is 2. The third-order valence-corrected chi connectivity index (χ3v) is 13.5. The molecule has 3 aromatic heterocycles. The number of fused-ring (bicyclic) bond motifs is 6. The maximum absolute atomic E-state index is 12.2. The standard InChI is InChI=1S/C29H24NS2.C15H28O2.Ir/c1-16-17(2)31-24-11-10-21-22-12-13-30-26(28(22)32-27(21)25(16)24)19-14-18-8-6-7-9-20(18)23(15-19)29(3,4)5;1-7-14(5,8-2)12(16)11-13(17)15(6,9-3)10-4;/h6-13,15H,1-5H3;11,16H,7-10H2,1-6H3;/q-1;;/b;12-11-;. The van der Waals surface area contributed by atoms with Crippen LogP contribution in [0.4, 0.5) is 0 Å². The second kappa shape index (κ2) is 15.4. The van der Waals surface area contributed by atoms with Crippen LogP contribution in [0.3, 0.4) is 0 Å². The van der Waals surface area contributed by atoms with Crippen molar-refractivity contribution >= 4 is 69.5 Å². The van der Waals surface area contributed by atoms with E-state index in [-0.39, 0.29) is 47.9 Å². The Balaban J connectivity index is 0.000000269. The van der Waals surface area contributed by atoms with E-state index in [1.54, 1.807) is 0 Å². The third kappa shape index (κ3) is 7.37. The minimum Gasteiger partial charge on any atom is -0.512 e. The fraction of sp³-hybridized carbons (Fsp3) is 0.409. The normalized spacial score (nSPS) is 12.7. The minimum absolute atomic E-state index is 0. The molecule has 1 N–H and O–H groups in total. The van der Waals surface area contributed by atoms with Gasteiger partial charge in [0.2, 0.25) is 0 Å². The van der Waals surface area contributed by atoms with E-state index in [0.717, 1.165) is 42.3 Å². The summed E-state index contributed by atoms with van der Waals surface area (Å²) in [6, 6.07) is 21.3. The van der Waals surface area contributed by atoms with Crippen LogP contribution in [0.5, 0.6) is 0 Å². The van der Waals surface area contributed by atoms with Gasteiger partial charge in [-0.25, -0.2) is 0 Å². The van der Waals surface area contributed by atoms with Crippen LogP contribution in [0.25, 0.3) is 52.3 Å². The molecular weight excluding hydrogens is 831 g/mol. The molecule has 6 heteroatoms. The summed E-state index contributed by atoms with van der Waals surface area (Å²) in [5, 5.41) is 16.6. The number of pyridine rings is 1. The Hall–Kier alpha value is -2.89. The van der Waals surface area contributed by atoms with Gasteiger partial charge in [0, 0.05) is 78.7 Å². The van der Waals surface area contributed by atoms with Crippen molar-refractivity contribution in [1.29, 1.82) is 0 Å². The first-order chi connectivity index (χ1) is 23.1. The number of aryl methyl sites for hydroxylation is 2. The van der Waals surface area contributed by atoms with E-state index in [0.29, 0.717) is 0 Å². The molecule has 0 fully saturated rings. The van der Waals surface area contributed by atoms with Crippen LogP contribution in [-0.2, 0) is 30.3 Å². The van der Waals surface area contributed by atoms with Crippen LogP contribution in [0.2, 0.25) is 0 Å². The number of carbonyl (C=O) groups excluding carboxylic acids is 1. The summed E-state index contributed by atoms with van der Waals surface area (Å²) in [6.45, 7) is 23.4. The number of carbonyl (C=O) groups is 1. The van der Waals surface area contributed by atoms with Gasteiger partial charge < -0.3 is 5.11 Å². The quantitative estimate of drug-likeness (QED) is 0.0941. The molecule has 0 saturated heterocycles. The predicted octanol–water partition coefficient (Wildman–Crippen LogP) is 13.8. The Labute approximate surface area is 320 Å². The maximum Gasteiger partial charge on any atom is 0.164 e. The summed E-state index contributed by atoms with van der Waals surface area (Å²) in [5.74, 6) is 0.286. The topological polar surface area (TPSA) is 50.2 Å². The van der Waals surface area contributed by atoms with Crippen LogP contribution in [0.1, 0.15) is 104 Å². The Kier molecular flexibility index (Phi) is 12.3. The van der Waals surface area contributed by atoms with Gasteiger partial charge >= 0.3 is 0 Å². The number of aliphatic hydroxyl groups excluding tert-OH is 1. The van der Waals surface area contributed by atoms with Gasteiger partial charge in [-0.1, -0.05) is 97.5 Å². The number of nitrogens with zero attached hydrogens (tertiary/aromatic N) is 1. The molecule has 0 aliphatic carbocycles. The van der Waals surface area contributed by atoms with Gasteiger partial charge in [-0.2, -0.15) is 0 Å². The Morgan fingerprint density at radius 1 is 0.820 bits per heavy atom. The number of aliphatic hydroxyl groups is 1. The van der Waals surface area contributed by atoms with E-state index < -0.39 is 0 Å². The number of hydrogen-bond donors (Lipinski definition) is 1. The molecule has 3 heterocycles. The summed E-state index contributed by atoms with van der Waals surface area (Å²) < 4.78 is 4.01. The Morgan fingerprint density at radius 2 is 1.44 bits per heavy atom. The molecule has 0 aliphatic rings. The van der Waals surface area contributed by atoms with Crippen molar-refractivity contribution in [2.75, 3.05) is 0 Å². The van der Waals surface area contributed by atoms with Crippen molar-refractivity contribution in [2.45, 2.75) is 107 Å². The van der Waals surface area contributed by atoms with E-state index in [4.69, 9.17) is 4.98 Å². The number of hydrogen-bond acceptors (Lipinski definition) is 5. The van der Waals surface area contributed by atoms with E-state index in [1.165, 1.54) is 57.7 Å². The molecule has 6 rings (SSSR count). The van der Waals surface area contributed by atoms with Crippen LogP contribution < -0.4 is 0 Å². The molecule has 0 spiro atoms. The second-order valence-corrected chi connectivity index (χ2v) is 17.3. The van der Waals surface area contributed by atoms with Crippen molar-refractivity contribution in [1.82, 2.24) is 4.98 Å². The molecule has 3 nitrogen and oxygen atoms in total.